The van der Waals surface area contributed by atoms with E-state index in [1.54, 1.807) is 12.3 Å². The van der Waals surface area contributed by atoms with Gasteiger partial charge in [0.1, 0.15) is 0 Å². The summed E-state index contributed by atoms with van der Waals surface area (Å²) in [6, 6.07) is 9.86. The van der Waals surface area contributed by atoms with Gasteiger partial charge in [-0.1, -0.05) is 12.1 Å². The highest BCUT2D eigenvalue weighted by Crippen LogP contribution is 2.32. The summed E-state index contributed by atoms with van der Waals surface area (Å²) in [4.78, 5) is 16.3. The van der Waals surface area contributed by atoms with Crippen molar-refractivity contribution in [3.63, 3.8) is 0 Å². The molecule has 1 aromatic heterocycles. The minimum atomic E-state index is -3.05. The van der Waals surface area contributed by atoms with Gasteiger partial charge in [0.25, 0.3) is 5.91 Å². The number of benzene rings is 1. The van der Waals surface area contributed by atoms with Gasteiger partial charge in [0, 0.05) is 24.9 Å². The van der Waals surface area contributed by atoms with Gasteiger partial charge in [-0.3, -0.25) is 9.78 Å². The van der Waals surface area contributed by atoms with Crippen molar-refractivity contribution in [3.8, 4) is 11.5 Å². The summed E-state index contributed by atoms with van der Waals surface area (Å²) >= 11 is 0. The maximum absolute atomic E-state index is 12.5. The zero-order chi connectivity index (χ0) is 16.7. The van der Waals surface area contributed by atoms with Crippen LogP contribution in [0.5, 0.6) is 11.5 Å². The van der Waals surface area contributed by atoms with Gasteiger partial charge < -0.3 is 14.8 Å². The molecule has 7 heteroatoms. The minimum Gasteiger partial charge on any atom is -0.493 e. The number of carbonyl (C=O) groups excluding carboxylic acids is 1. The van der Waals surface area contributed by atoms with Crippen LogP contribution in [0, 0.1) is 0 Å². The lowest BCUT2D eigenvalue weighted by Crippen LogP contribution is -2.26. The van der Waals surface area contributed by atoms with E-state index >= 15 is 0 Å². The topological polar surface area (TPSA) is 60.5 Å². The molecule has 122 valence electrons. The average Bonchev–Trinajstić information content (AvgIpc) is 2.55. The molecule has 1 aromatic carbocycles. The number of hydrogen-bond donors (Lipinski definition) is 1. The van der Waals surface area contributed by atoms with Crippen LogP contribution in [0.25, 0.3) is 0 Å². The first-order valence-corrected chi connectivity index (χ1v) is 6.91. The highest BCUT2D eigenvalue weighted by molar-refractivity contribution is 5.97. The predicted octanol–water partition coefficient (Wildman–Crippen LogP) is 2.66. The second-order valence-corrected chi connectivity index (χ2v) is 4.54. The number of para-hydroxylation sites is 1. The lowest BCUT2D eigenvalue weighted by atomic mass is 10.1. The van der Waals surface area contributed by atoms with Gasteiger partial charge in [-0.05, 0) is 24.3 Å². The third-order valence-electron chi connectivity index (χ3n) is 3.04. The fourth-order valence-corrected chi connectivity index (χ4v) is 2.01. The Labute approximate surface area is 132 Å². The molecule has 0 aliphatic heterocycles. The van der Waals surface area contributed by atoms with Crippen molar-refractivity contribution in [2.45, 2.75) is 13.0 Å². The molecule has 5 nitrogen and oxygen atoms in total. The summed E-state index contributed by atoms with van der Waals surface area (Å²) in [5, 5.41) is 2.65. The Balaban J connectivity index is 2.06. The van der Waals surface area contributed by atoms with Gasteiger partial charge >= 0.3 is 6.61 Å². The van der Waals surface area contributed by atoms with E-state index < -0.39 is 12.5 Å². The smallest absolute Gasteiger partial charge is 0.387 e. The van der Waals surface area contributed by atoms with Crippen molar-refractivity contribution in [3.05, 3.63) is 53.9 Å². The number of nitrogens with zero attached hydrogens (tertiary/aromatic N) is 1. The number of nitrogens with one attached hydrogen (secondary N) is 1. The molecule has 0 aliphatic rings. The van der Waals surface area contributed by atoms with Crippen LogP contribution < -0.4 is 14.8 Å². The Bertz CT molecular complexity index is 651. The molecule has 0 fully saturated rings. The van der Waals surface area contributed by atoms with E-state index in [4.69, 9.17) is 4.74 Å². The van der Waals surface area contributed by atoms with Gasteiger partial charge in [-0.25, -0.2) is 0 Å². The van der Waals surface area contributed by atoms with Crippen LogP contribution in [-0.2, 0) is 6.42 Å². The van der Waals surface area contributed by atoms with Gasteiger partial charge in [0.2, 0.25) is 0 Å². The number of carbonyl (C=O) groups is 1. The molecule has 1 amide bonds. The number of alkyl halides is 2. The van der Waals surface area contributed by atoms with Crippen LogP contribution in [0.1, 0.15) is 16.1 Å². The quantitative estimate of drug-likeness (QED) is 0.851. The predicted molar refractivity (Wildman–Crippen MR) is 79.9 cm³/mol. The van der Waals surface area contributed by atoms with E-state index in [-0.39, 0.29) is 17.1 Å². The first-order chi connectivity index (χ1) is 11.1. The summed E-state index contributed by atoms with van der Waals surface area (Å²) in [6.07, 6.45) is 2.19. The van der Waals surface area contributed by atoms with E-state index in [1.165, 1.54) is 25.3 Å². The fourth-order valence-electron chi connectivity index (χ4n) is 2.01. The van der Waals surface area contributed by atoms with Gasteiger partial charge in [-0.15, -0.1) is 0 Å². The Hall–Kier alpha value is -2.70. The second-order valence-electron chi connectivity index (χ2n) is 4.54. The van der Waals surface area contributed by atoms with Crippen molar-refractivity contribution in [2.75, 3.05) is 13.7 Å². The van der Waals surface area contributed by atoms with Crippen molar-refractivity contribution in [2.24, 2.45) is 0 Å². The highest BCUT2D eigenvalue weighted by Gasteiger charge is 2.19. The van der Waals surface area contributed by atoms with Crippen LogP contribution >= 0.6 is 0 Å². The third-order valence-corrected chi connectivity index (χ3v) is 3.04. The molecule has 2 rings (SSSR count). The maximum Gasteiger partial charge on any atom is 0.387 e. The number of halogens is 2. The molecule has 0 aliphatic carbocycles. The highest BCUT2D eigenvalue weighted by atomic mass is 19.3. The second kappa shape index (κ2) is 8.07. The summed E-state index contributed by atoms with van der Waals surface area (Å²) in [6.45, 7) is -2.73. The van der Waals surface area contributed by atoms with Crippen molar-refractivity contribution < 1.29 is 23.0 Å². The molecule has 0 bridgehead atoms. The average molecular weight is 322 g/mol. The molecule has 2 aromatic rings. The SMILES string of the molecule is COc1cccc(C(=O)NCCc2ccccn2)c1OC(F)F. The Morgan fingerprint density at radius 3 is 2.74 bits per heavy atom. The lowest BCUT2D eigenvalue weighted by Gasteiger charge is -2.14. The van der Waals surface area contributed by atoms with Gasteiger partial charge in [-0.2, -0.15) is 8.78 Å². The molecule has 0 spiro atoms. The Kier molecular flexibility index (Phi) is 5.85. The molecule has 0 saturated carbocycles. The summed E-state index contributed by atoms with van der Waals surface area (Å²) in [5.41, 5.74) is 0.813. The molecule has 0 radical (unpaired) electrons. The Morgan fingerprint density at radius 1 is 1.26 bits per heavy atom. The number of hydrogen-bond acceptors (Lipinski definition) is 4. The number of rotatable bonds is 7. The van der Waals surface area contributed by atoms with E-state index in [2.05, 4.69) is 15.0 Å². The van der Waals surface area contributed by atoms with Gasteiger partial charge in [0.05, 0.1) is 12.7 Å². The van der Waals surface area contributed by atoms with Crippen molar-refractivity contribution >= 4 is 5.91 Å². The summed E-state index contributed by atoms with van der Waals surface area (Å²) < 4.78 is 34.5. The monoisotopic (exact) mass is 322 g/mol. The minimum absolute atomic E-state index is 0.00864. The van der Waals surface area contributed by atoms with E-state index in [0.29, 0.717) is 13.0 Å². The standard InChI is InChI=1S/C16H16F2N2O3/c1-22-13-7-4-6-12(14(13)23-16(17)18)15(21)20-10-8-11-5-2-3-9-19-11/h2-7,9,16H,8,10H2,1H3,(H,20,21). The largest absolute Gasteiger partial charge is 0.493 e. The zero-order valence-corrected chi connectivity index (χ0v) is 12.5. The van der Waals surface area contributed by atoms with Crippen molar-refractivity contribution in [1.29, 1.82) is 0 Å². The normalized spacial score (nSPS) is 10.4. The van der Waals surface area contributed by atoms with E-state index in [9.17, 15) is 13.6 Å². The number of ether oxygens (including phenoxy) is 2. The first-order valence-electron chi connectivity index (χ1n) is 6.91. The van der Waals surface area contributed by atoms with E-state index in [1.807, 2.05) is 12.1 Å². The Morgan fingerprint density at radius 2 is 2.09 bits per heavy atom. The number of amides is 1. The maximum atomic E-state index is 12.5. The van der Waals surface area contributed by atoms with E-state index in [0.717, 1.165) is 5.69 Å². The van der Waals surface area contributed by atoms with Gasteiger partial charge in [0.15, 0.2) is 11.5 Å². The van der Waals surface area contributed by atoms with Crippen LogP contribution in [0.4, 0.5) is 8.78 Å². The first kappa shape index (κ1) is 16.7. The summed E-state index contributed by atoms with van der Waals surface area (Å²) in [7, 11) is 1.32. The zero-order valence-electron chi connectivity index (χ0n) is 12.5. The fraction of sp³-hybridized carbons (Fsp3) is 0.250. The summed E-state index contributed by atoms with van der Waals surface area (Å²) in [5.74, 6) is -0.724. The molecule has 0 atom stereocenters. The number of methoxy groups -OCH3 is 1. The van der Waals surface area contributed by atoms with Crippen LogP contribution in [0.2, 0.25) is 0 Å². The molecule has 1 N–H and O–H groups in total. The number of aromatic nitrogens is 1. The molecular formula is C16H16F2N2O3. The van der Waals surface area contributed by atoms with Crippen LogP contribution in [0.15, 0.2) is 42.6 Å². The molecule has 1 heterocycles. The van der Waals surface area contributed by atoms with Crippen LogP contribution in [-0.4, -0.2) is 31.2 Å². The molecule has 0 saturated heterocycles. The molecule has 0 unspecified atom stereocenters. The third kappa shape index (κ3) is 4.64. The molecular weight excluding hydrogens is 306 g/mol. The van der Waals surface area contributed by atoms with Crippen LogP contribution in [0.3, 0.4) is 0 Å². The lowest BCUT2D eigenvalue weighted by molar-refractivity contribution is -0.0515. The number of pyridine rings is 1. The molecule has 23 heavy (non-hydrogen) atoms. The van der Waals surface area contributed by atoms with Crippen molar-refractivity contribution in [1.82, 2.24) is 10.3 Å².